The van der Waals surface area contributed by atoms with Crippen LogP contribution in [0.5, 0.6) is 0 Å². The molecule has 0 unspecified atom stereocenters. The number of nitrogens with zero attached hydrogens (tertiary/aromatic N) is 4. The number of piperidine rings is 1. The maximum Gasteiger partial charge on any atom is 0.258 e. The van der Waals surface area contributed by atoms with Crippen molar-refractivity contribution in [1.82, 2.24) is 19.4 Å². The van der Waals surface area contributed by atoms with E-state index in [1.807, 2.05) is 12.1 Å². The highest BCUT2D eigenvalue weighted by Gasteiger charge is 2.32. The Kier molecular flexibility index (Phi) is 8.36. The number of aromatic nitrogens is 2. The number of likely N-dealkylation sites (tertiary alicyclic amines) is 1. The van der Waals surface area contributed by atoms with Crippen LogP contribution >= 0.6 is 0 Å². The number of ether oxygens (including phenoxy) is 1. The van der Waals surface area contributed by atoms with Gasteiger partial charge in [0.2, 0.25) is 10.0 Å². The number of aromatic amines is 1. The van der Waals surface area contributed by atoms with E-state index < -0.39 is 26.6 Å². The summed E-state index contributed by atoms with van der Waals surface area (Å²) in [5, 5.41) is 13.7. The minimum atomic E-state index is -4.20. The number of morpholine rings is 1. The lowest BCUT2D eigenvalue weighted by atomic mass is 10.0. The Bertz CT molecular complexity index is 1580. The minimum Gasteiger partial charge on any atom is -0.382 e. The van der Waals surface area contributed by atoms with Crippen molar-refractivity contribution in [2.75, 3.05) is 68.5 Å². The van der Waals surface area contributed by atoms with Crippen molar-refractivity contribution in [2.45, 2.75) is 36.7 Å². The second-order valence-electron chi connectivity index (χ2n) is 11.2. The van der Waals surface area contributed by atoms with E-state index in [2.05, 4.69) is 37.7 Å². The molecule has 0 spiro atoms. The quantitative estimate of drug-likeness (QED) is 0.371. The van der Waals surface area contributed by atoms with Crippen molar-refractivity contribution < 1.29 is 26.7 Å². The van der Waals surface area contributed by atoms with Crippen molar-refractivity contribution in [3.8, 4) is 0 Å². The van der Waals surface area contributed by atoms with Gasteiger partial charge in [-0.1, -0.05) is 0 Å². The van der Waals surface area contributed by atoms with Crippen molar-refractivity contribution >= 4 is 33.1 Å². The van der Waals surface area contributed by atoms with E-state index in [9.17, 15) is 22.0 Å². The van der Waals surface area contributed by atoms with Crippen molar-refractivity contribution in [2.24, 2.45) is 0 Å². The molecule has 230 valence electrons. The van der Waals surface area contributed by atoms with Crippen LogP contribution < -0.4 is 15.5 Å². The van der Waals surface area contributed by atoms with E-state index in [1.165, 1.54) is 0 Å². The highest BCUT2D eigenvalue weighted by Crippen LogP contribution is 2.31. The molecule has 11 nitrogen and oxygen atoms in total. The van der Waals surface area contributed by atoms with Crippen LogP contribution in [-0.4, -0.2) is 92.8 Å². The van der Waals surface area contributed by atoms with Gasteiger partial charge in [0.05, 0.1) is 23.7 Å². The van der Waals surface area contributed by atoms with Gasteiger partial charge in [0, 0.05) is 67.3 Å². The average Bonchev–Trinajstić information content (AvgIpc) is 3.40. The summed E-state index contributed by atoms with van der Waals surface area (Å²) in [7, 11) is -2.10. The number of nitrogens with one attached hydrogen (secondary N) is 3. The lowest BCUT2D eigenvalue weighted by molar-refractivity contribution is 0.102. The number of hydrogen-bond donors (Lipinski definition) is 3. The molecule has 4 heterocycles. The Hall–Kier alpha value is -3.59. The zero-order valence-electron chi connectivity index (χ0n) is 23.9. The van der Waals surface area contributed by atoms with Crippen LogP contribution in [0.2, 0.25) is 0 Å². The summed E-state index contributed by atoms with van der Waals surface area (Å²) in [4.78, 5) is 17.8. The first-order valence-electron chi connectivity index (χ1n) is 14.4. The molecule has 2 saturated heterocycles. The molecule has 0 atom stereocenters. The van der Waals surface area contributed by atoms with Crippen molar-refractivity contribution in [3.63, 3.8) is 0 Å². The number of carbonyl (C=O) groups excluding carboxylic acids is 1. The third kappa shape index (κ3) is 6.37. The van der Waals surface area contributed by atoms with Crippen LogP contribution in [0.15, 0.2) is 41.3 Å². The number of sulfonamides is 1. The van der Waals surface area contributed by atoms with Crippen LogP contribution in [0, 0.1) is 11.6 Å². The molecule has 0 saturated carbocycles. The van der Waals surface area contributed by atoms with E-state index in [0.29, 0.717) is 42.5 Å². The maximum atomic E-state index is 13.8. The van der Waals surface area contributed by atoms with E-state index in [4.69, 9.17) is 4.74 Å². The Morgan fingerprint density at radius 2 is 1.74 bits per heavy atom. The lowest BCUT2D eigenvalue weighted by Gasteiger charge is -2.32. The topological polar surface area (TPSA) is 123 Å². The number of H-pyrrole nitrogens is 1. The summed E-state index contributed by atoms with van der Waals surface area (Å²) in [5.41, 5.74) is 3.37. The first-order valence-corrected chi connectivity index (χ1v) is 15.9. The van der Waals surface area contributed by atoms with Gasteiger partial charge in [-0.2, -0.15) is 9.40 Å². The summed E-state index contributed by atoms with van der Waals surface area (Å²) >= 11 is 0. The molecule has 2 aromatic carbocycles. The second kappa shape index (κ2) is 12.2. The predicted molar refractivity (Wildman–Crippen MR) is 158 cm³/mol. The molecular formula is C29H35F2N7O4S. The maximum absolute atomic E-state index is 13.8. The molecule has 1 aromatic heterocycles. The van der Waals surface area contributed by atoms with Gasteiger partial charge in [-0.25, -0.2) is 17.2 Å². The molecule has 2 fully saturated rings. The summed E-state index contributed by atoms with van der Waals surface area (Å²) in [6.45, 7) is 4.72. The summed E-state index contributed by atoms with van der Waals surface area (Å²) < 4.78 is 60.8. The highest BCUT2D eigenvalue weighted by molar-refractivity contribution is 7.89. The molecule has 1 amide bonds. The normalized spacial score (nSPS) is 18.8. The van der Waals surface area contributed by atoms with E-state index in [0.717, 1.165) is 66.8 Å². The summed E-state index contributed by atoms with van der Waals surface area (Å²) in [6.07, 6.45) is 2.20. The average molecular weight is 616 g/mol. The number of anilines is 3. The molecule has 0 radical (unpaired) electrons. The number of benzene rings is 2. The lowest BCUT2D eigenvalue weighted by Crippen LogP contribution is -2.38. The number of fused-ring (bicyclic) bond motifs is 1. The number of halogens is 2. The predicted octanol–water partition coefficient (Wildman–Crippen LogP) is 3.03. The van der Waals surface area contributed by atoms with Gasteiger partial charge < -0.3 is 25.2 Å². The van der Waals surface area contributed by atoms with Gasteiger partial charge >= 0.3 is 0 Å². The molecule has 14 heteroatoms. The van der Waals surface area contributed by atoms with Gasteiger partial charge in [-0.3, -0.25) is 9.89 Å². The van der Waals surface area contributed by atoms with E-state index in [1.54, 1.807) is 6.07 Å². The van der Waals surface area contributed by atoms with Crippen LogP contribution in [-0.2, 0) is 27.7 Å². The third-order valence-corrected chi connectivity index (χ3v) is 10.1. The Morgan fingerprint density at radius 3 is 2.47 bits per heavy atom. The van der Waals surface area contributed by atoms with Crippen molar-refractivity contribution in [3.05, 3.63) is 64.9 Å². The Morgan fingerprint density at radius 1 is 1.02 bits per heavy atom. The molecular weight excluding hydrogens is 580 g/mol. The second-order valence-corrected chi connectivity index (χ2v) is 13.2. The van der Waals surface area contributed by atoms with Gasteiger partial charge in [0.25, 0.3) is 5.91 Å². The monoisotopic (exact) mass is 615 g/mol. The van der Waals surface area contributed by atoms with Gasteiger partial charge in [-0.15, -0.1) is 0 Å². The summed E-state index contributed by atoms with van der Waals surface area (Å²) in [5.74, 6) is -2.12. The smallest absolute Gasteiger partial charge is 0.258 e. The number of rotatable bonds is 7. The SMILES string of the molecule is CN1CCC(Nc2cc(N3CCOCC3)ccc2C(=O)Nc2n[nH]c3c2CN(S(=O)(=O)c2cc(F)cc(F)c2)CC3)CC1. The molecule has 6 rings (SSSR count). The van der Waals surface area contributed by atoms with E-state index >= 15 is 0 Å². The fourth-order valence-corrected chi connectivity index (χ4v) is 7.27. The number of hydrogen-bond acceptors (Lipinski definition) is 8. The molecule has 3 N–H and O–H groups in total. The van der Waals surface area contributed by atoms with E-state index in [-0.39, 0.29) is 30.9 Å². The Labute approximate surface area is 249 Å². The molecule has 0 aliphatic carbocycles. The fourth-order valence-electron chi connectivity index (χ4n) is 5.82. The molecule has 3 aliphatic rings. The largest absolute Gasteiger partial charge is 0.382 e. The molecule has 3 aromatic rings. The first-order chi connectivity index (χ1) is 20.7. The first kappa shape index (κ1) is 29.5. The molecule has 0 bridgehead atoms. The van der Waals surface area contributed by atoms with Gasteiger partial charge in [0.15, 0.2) is 5.82 Å². The summed E-state index contributed by atoms with van der Waals surface area (Å²) in [6, 6.07) is 8.16. The number of carbonyl (C=O) groups is 1. The van der Waals surface area contributed by atoms with Gasteiger partial charge in [-0.05, 0) is 63.3 Å². The Balaban J connectivity index is 1.24. The number of amides is 1. The highest BCUT2D eigenvalue weighted by atomic mass is 32.2. The fraction of sp³-hybridized carbons (Fsp3) is 0.448. The standard InChI is InChI=1S/C29H35F2N7O4S/c1-36-7-4-21(5-8-36)32-27-17-22(37-10-12-42-13-11-37)2-3-24(27)29(39)33-28-25-18-38(9-6-26(25)34-35-28)43(40,41)23-15-19(30)14-20(31)16-23/h2-3,14-17,21,32H,4-13,18H2,1H3,(H2,33,34,35,39). The van der Waals surface area contributed by atoms with Crippen LogP contribution in [0.1, 0.15) is 34.5 Å². The molecule has 43 heavy (non-hydrogen) atoms. The van der Waals surface area contributed by atoms with Crippen LogP contribution in [0.3, 0.4) is 0 Å². The van der Waals surface area contributed by atoms with Crippen LogP contribution in [0.25, 0.3) is 0 Å². The zero-order valence-corrected chi connectivity index (χ0v) is 24.7. The zero-order chi connectivity index (χ0) is 30.1. The minimum absolute atomic E-state index is 0.0939. The van der Waals surface area contributed by atoms with Crippen LogP contribution in [0.4, 0.5) is 26.0 Å². The third-order valence-electron chi connectivity index (χ3n) is 8.31. The van der Waals surface area contributed by atoms with Crippen molar-refractivity contribution in [1.29, 1.82) is 0 Å². The molecule has 3 aliphatic heterocycles. The van der Waals surface area contributed by atoms with Gasteiger partial charge in [0.1, 0.15) is 11.6 Å².